The number of carbonyl (C=O) groups is 2. The van der Waals surface area contributed by atoms with Crippen molar-refractivity contribution in [2.75, 3.05) is 13.2 Å². The minimum Gasteiger partial charge on any atom is -0.450 e. The predicted molar refractivity (Wildman–Crippen MR) is 52.2 cm³/mol. The van der Waals surface area contributed by atoms with E-state index >= 15 is 0 Å². The van der Waals surface area contributed by atoms with Crippen molar-refractivity contribution >= 4 is 12.0 Å². The molecular formula is C9H16N2O4. The molecule has 1 aliphatic heterocycles. The van der Waals surface area contributed by atoms with Crippen molar-refractivity contribution in [1.82, 2.24) is 10.6 Å². The number of hydrogen-bond donors (Lipinski definition) is 3. The molecule has 0 aromatic rings. The van der Waals surface area contributed by atoms with Crippen molar-refractivity contribution in [3.05, 3.63) is 0 Å². The number of aliphatic hydroxyl groups excluding tert-OH is 1. The largest absolute Gasteiger partial charge is 0.450 e. The molecule has 1 saturated heterocycles. The van der Waals surface area contributed by atoms with Gasteiger partial charge in [-0.15, -0.1) is 0 Å². The van der Waals surface area contributed by atoms with Crippen LogP contribution in [0, 0.1) is 0 Å². The first-order chi connectivity index (χ1) is 7.19. The summed E-state index contributed by atoms with van der Waals surface area (Å²) >= 11 is 0. The molecule has 0 spiro atoms. The minimum absolute atomic E-state index is 0.189. The van der Waals surface area contributed by atoms with Crippen molar-refractivity contribution in [1.29, 1.82) is 0 Å². The Labute approximate surface area is 88.0 Å². The topological polar surface area (TPSA) is 87.7 Å². The second kappa shape index (κ2) is 5.55. The van der Waals surface area contributed by atoms with E-state index in [1.54, 1.807) is 0 Å². The normalized spacial score (nSPS) is 24.0. The lowest BCUT2D eigenvalue weighted by Crippen LogP contribution is -2.70. The summed E-state index contributed by atoms with van der Waals surface area (Å²) in [5, 5.41) is 13.6. The number of nitrogens with one attached hydrogen (secondary N) is 2. The van der Waals surface area contributed by atoms with Gasteiger partial charge < -0.3 is 20.5 Å². The van der Waals surface area contributed by atoms with Crippen LogP contribution in [0.5, 0.6) is 0 Å². The van der Waals surface area contributed by atoms with Crippen LogP contribution in [0.2, 0.25) is 0 Å². The Balaban J connectivity index is 2.22. The number of alkyl carbamates (subject to hydrolysis) is 1. The van der Waals surface area contributed by atoms with Crippen LogP contribution in [-0.2, 0) is 9.53 Å². The van der Waals surface area contributed by atoms with Gasteiger partial charge in [0, 0.05) is 0 Å². The van der Waals surface area contributed by atoms with Crippen molar-refractivity contribution in [2.24, 2.45) is 0 Å². The number of amides is 2. The molecule has 0 aromatic heterocycles. The first-order valence-electron chi connectivity index (χ1n) is 5.03. The van der Waals surface area contributed by atoms with E-state index in [1.165, 1.54) is 0 Å². The van der Waals surface area contributed by atoms with Gasteiger partial charge in [-0.1, -0.05) is 13.3 Å². The van der Waals surface area contributed by atoms with Crippen LogP contribution in [0.25, 0.3) is 0 Å². The Kier molecular flexibility index (Phi) is 4.36. The summed E-state index contributed by atoms with van der Waals surface area (Å²) < 4.78 is 4.82. The Morgan fingerprint density at radius 3 is 2.93 bits per heavy atom. The van der Waals surface area contributed by atoms with Crippen molar-refractivity contribution in [3.63, 3.8) is 0 Å². The second-order valence-corrected chi connectivity index (χ2v) is 3.41. The maximum absolute atomic E-state index is 11.1. The van der Waals surface area contributed by atoms with E-state index in [9.17, 15) is 9.59 Å². The fourth-order valence-electron chi connectivity index (χ4n) is 1.24. The fraction of sp³-hybridized carbons (Fsp3) is 0.778. The number of β-lactam (4-membered cyclic amide) rings is 1. The number of carbonyl (C=O) groups excluding carboxylic acids is 2. The van der Waals surface area contributed by atoms with E-state index in [4.69, 9.17) is 9.84 Å². The number of rotatable bonds is 5. The van der Waals surface area contributed by atoms with Gasteiger partial charge in [0.2, 0.25) is 5.91 Å². The third kappa shape index (κ3) is 3.09. The van der Waals surface area contributed by atoms with Gasteiger partial charge in [0.15, 0.2) is 0 Å². The molecule has 15 heavy (non-hydrogen) atoms. The van der Waals surface area contributed by atoms with Crippen molar-refractivity contribution in [3.8, 4) is 0 Å². The van der Waals surface area contributed by atoms with Crippen molar-refractivity contribution < 1.29 is 19.4 Å². The van der Waals surface area contributed by atoms with Crippen LogP contribution >= 0.6 is 0 Å². The predicted octanol–water partition coefficient (Wildman–Crippen LogP) is -0.628. The standard InChI is InChI=1S/C9H16N2O4/c1-2-3-4-15-9(14)11-7-6(5-12)10-8(7)13/h6-7,12H,2-5H2,1H3,(H,10,13)(H,11,14)/t6-,7+/m0/s1. The van der Waals surface area contributed by atoms with Crippen LogP contribution in [0.15, 0.2) is 0 Å². The molecule has 6 nitrogen and oxygen atoms in total. The number of unbranched alkanes of at least 4 members (excludes halogenated alkanes) is 1. The summed E-state index contributed by atoms with van der Waals surface area (Å²) in [7, 11) is 0. The van der Waals surface area contributed by atoms with Crippen LogP contribution in [0.1, 0.15) is 19.8 Å². The van der Waals surface area contributed by atoms with Crippen LogP contribution < -0.4 is 10.6 Å². The fourth-order valence-corrected chi connectivity index (χ4v) is 1.24. The molecule has 6 heteroatoms. The number of hydrogen-bond acceptors (Lipinski definition) is 4. The average Bonchev–Trinajstić information content (AvgIpc) is 2.23. The summed E-state index contributed by atoms with van der Waals surface area (Å²) in [5.74, 6) is -0.290. The zero-order valence-electron chi connectivity index (χ0n) is 8.66. The molecule has 0 aromatic carbocycles. The summed E-state index contributed by atoms with van der Waals surface area (Å²) in [6.07, 6.45) is 1.13. The second-order valence-electron chi connectivity index (χ2n) is 3.41. The van der Waals surface area contributed by atoms with Gasteiger partial charge in [-0.05, 0) is 6.42 Å². The average molecular weight is 216 g/mol. The highest BCUT2D eigenvalue weighted by atomic mass is 16.5. The number of aliphatic hydroxyl groups is 1. The molecule has 1 fully saturated rings. The monoisotopic (exact) mass is 216 g/mol. The lowest BCUT2D eigenvalue weighted by atomic mass is 10.0. The van der Waals surface area contributed by atoms with E-state index in [-0.39, 0.29) is 12.5 Å². The van der Waals surface area contributed by atoms with Gasteiger partial charge in [-0.25, -0.2) is 4.79 Å². The van der Waals surface area contributed by atoms with E-state index in [1.807, 2.05) is 6.92 Å². The molecule has 3 N–H and O–H groups in total. The first-order valence-corrected chi connectivity index (χ1v) is 5.03. The smallest absolute Gasteiger partial charge is 0.407 e. The Morgan fingerprint density at radius 2 is 2.40 bits per heavy atom. The highest BCUT2D eigenvalue weighted by molar-refractivity contribution is 5.92. The molecule has 0 aliphatic carbocycles. The summed E-state index contributed by atoms with van der Waals surface area (Å²) in [6.45, 7) is 2.15. The summed E-state index contributed by atoms with van der Waals surface area (Å²) in [6, 6.07) is -1.06. The molecule has 2 atom stereocenters. The zero-order chi connectivity index (χ0) is 11.3. The van der Waals surface area contributed by atoms with Gasteiger partial charge in [-0.2, -0.15) is 0 Å². The van der Waals surface area contributed by atoms with Crippen molar-refractivity contribution in [2.45, 2.75) is 31.8 Å². The molecule has 0 bridgehead atoms. The van der Waals surface area contributed by atoms with E-state index in [0.717, 1.165) is 12.8 Å². The molecule has 0 saturated carbocycles. The lowest BCUT2D eigenvalue weighted by molar-refractivity contribution is -0.132. The van der Waals surface area contributed by atoms with Gasteiger partial charge >= 0.3 is 6.09 Å². The maximum Gasteiger partial charge on any atom is 0.407 e. The zero-order valence-corrected chi connectivity index (χ0v) is 8.66. The Hall–Kier alpha value is -1.30. The van der Waals surface area contributed by atoms with E-state index in [0.29, 0.717) is 6.61 Å². The van der Waals surface area contributed by atoms with Gasteiger partial charge in [0.1, 0.15) is 6.04 Å². The van der Waals surface area contributed by atoms with Crippen LogP contribution in [0.3, 0.4) is 0 Å². The molecule has 0 unspecified atom stereocenters. The Morgan fingerprint density at radius 1 is 1.67 bits per heavy atom. The Bertz CT molecular complexity index is 244. The first kappa shape index (κ1) is 11.8. The lowest BCUT2D eigenvalue weighted by Gasteiger charge is -2.35. The SMILES string of the molecule is CCCCOC(=O)N[C@H]1C(=O)N[C@H]1CO. The van der Waals surface area contributed by atoms with E-state index in [2.05, 4.69) is 10.6 Å². The molecular weight excluding hydrogens is 200 g/mol. The third-order valence-corrected chi connectivity index (χ3v) is 2.21. The molecule has 86 valence electrons. The molecule has 1 heterocycles. The van der Waals surface area contributed by atoms with Crippen LogP contribution in [-0.4, -0.2) is 42.4 Å². The van der Waals surface area contributed by atoms with E-state index < -0.39 is 18.2 Å². The van der Waals surface area contributed by atoms with Gasteiger partial charge in [-0.3, -0.25) is 4.79 Å². The maximum atomic E-state index is 11.1. The quantitative estimate of drug-likeness (QED) is 0.422. The number of ether oxygens (including phenoxy) is 1. The summed E-state index contributed by atoms with van der Waals surface area (Å²) in [5.41, 5.74) is 0. The molecule has 1 rings (SSSR count). The molecule has 2 amide bonds. The van der Waals surface area contributed by atoms with Gasteiger partial charge in [0.25, 0.3) is 0 Å². The highest BCUT2D eigenvalue weighted by Crippen LogP contribution is 2.05. The third-order valence-electron chi connectivity index (χ3n) is 2.21. The van der Waals surface area contributed by atoms with Crippen LogP contribution in [0.4, 0.5) is 4.79 Å². The van der Waals surface area contributed by atoms with Gasteiger partial charge in [0.05, 0.1) is 19.3 Å². The summed E-state index contributed by atoms with van der Waals surface area (Å²) in [4.78, 5) is 22.1. The molecule has 0 radical (unpaired) electrons. The highest BCUT2D eigenvalue weighted by Gasteiger charge is 2.40. The molecule has 1 aliphatic rings. The minimum atomic E-state index is -0.663.